The summed E-state index contributed by atoms with van der Waals surface area (Å²) in [7, 11) is 0. The summed E-state index contributed by atoms with van der Waals surface area (Å²) in [4.78, 5) is 11.3. The normalized spacial score (nSPS) is 21.3. The van der Waals surface area contributed by atoms with Crippen molar-refractivity contribution in [2.75, 3.05) is 17.2 Å². The molecule has 1 unspecified atom stereocenters. The molecule has 0 spiro atoms. The Morgan fingerprint density at radius 1 is 1.44 bits per heavy atom. The molecule has 4 heteroatoms. The van der Waals surface area contributed by atoms with Crippen LogP contribution in [-0.4, -0.2) is 18.6 Å². The smallest absolute Gasteiger partial charge is 0.262 e. The van der Waals surface area contributed by atoms with Crippen LogP contribution in [-0.2, 0) is 4.79 Å². The highest BCUT2D eigenvalue weighted by molar-refractivity contribution is 5.96. The second-order valence-corrected chi connectivity index (χ2v) is 5.57. The van der Waals surface area contributed by atoms with Gasteiger partial charge in [-0.3, -0.25) is 4.79 Å². The minimum Gasteiger partial charge on any atom is -0.482 e. The van der Waals surface area contributed by atoms with Crippen LogP contribution in [0, 0.1) is 5.41 Å². The lowest BCUT2D eigenvalue weighted by atomic mass is 10.0. The van der Waals surface area contributed by atoms with Gasteiger partial charge >= 0.3 is 0 Å². The minimum absolute atomic E-state index is 0.0955. The molecular formula is C14H18N2O2. The van der Waals surface area contributed by atoms with Crippen molar-refractivity contribution in [1.82, 2.24) is 0 Å². The van der Waals surface area contributed by atoms with E-state index in [2.05, 4.69) is 24.5 Å². The van der Waals surface area contributed by atoms with E-state index < -0.39 is 0 Å². The molecule has 1 atom stereocenters. The minimum atomic E-state index is -0.0955. The largest absolute Gasteiger partial charge is 0.482 e. The lowest BCUT2D eigenvalue weighted by molar-refractivity contribution is -0.118. The van der Waals surface area contributed by atoms with Gasteiger partial charge in [0.2, 0.25) is 0 Å². The first kappa shape index (κ1) is 11.4. The fourth-order valence-corrected chi connectivity index (χ4v) is 2.23. The van der Waals surface area contributed by atoms with E-state index in [1.165, 1.54) is 12.8 Å². The number of benzene rings is 1. The zero-order valence-electron chi connectivity index (χ0n) is 10.7. The molecule has 0 radical (unpaired) electrons. The van der Waals surface area contributed by atoms with E-state index in [4.69, 9.17) is 4.74 Å². The van der Waals surface area contributed by atoms with Crippen molar-refractivity contribution in [3.63, 3.8) is 0 Å². The van der Waals surface area contributed by atoms with E-state index in [0.29, 0.717) is 11.5 Å². The summed E-state index contributed by atoms with van der Waals surface area (Å²) >= 11 is 0. The molecule has 1 amide bonds. The second kappa shape index (κ2) is 3.90. The van der Waals surface area contributed by atoms with Crippen molar-refractivity contribution in [3.05, 3.63) is 18.2 Å². The number of hydrogen-bond acceptors (Lipinski definition) is 3. The first-order valence-corrected chi connectivity index (χ1v) is 6.40. The molecule has 1 aliphatic carbocycles. The van der Waals surface area contributed by atoms with Crippen LogP contribution in [0.4, 0.5) is 11.4 Å². The number of rotatable bonds is 3. The monoisotopic (exact) mass is 246 g/mol. The van der Waals surface area contributed by atoms with E-state index in [-0.39, 0.29) is 12.5 Å². The van der Waals surface area contributed by atoms with E-state index in [1.54, 1.807) is 0 Å². The Kier molecular flexibility index (Phi) is 2.47. The van der Waals surface area contributed by atoms with Gasteiger partial charge in [0.15, 0.2) is 6.61 Å². The fraction of sp³-hybridized carbons (Fsp3) is 0.500. The Morgan fingerprint density at radius 3 is 2.94 bits per heavy atom. The summed E-state index contributed by atoms with van der Waals surface area (Å²) in [5.41, 5.74) is 2.21. The summed E-state index contributed by atoms with van der Waals surface area (Å²) < 4.78 is 5.34. The predicted molar refractivity (Wildman–Crippen MR) is 71.0 cm³/mol. The van der Waals surface area contributed by atoms with Crippen molar-refractivity contribution < 1.29 is 9.53 Å². The average molecular weight is 246 g/mol. The van der Waals surface area contributed by atoms with Crippen molar-refractivity contribution in [3.8, 4) is 5.75 Å². The number of carbonyl (C=O) groups is 1. The van der Waals surface area contributed by atoms with Gasteiger partial charge < -0.3 is 15.4 Å². The number of fused-ring (bicyclic) bond motifs is 1. The summed E-state index contributed by atoms with van der Waals surface area (Å²) in [6, 6.07) is 6.28. The Hall–Kier alpha value is -1.71. The molecule has 2 N–H and O–H groups in total. The molecule has 1 aliphatic heterocycles. The van der Waals surface area contributed by atoms with Gasteiger partial charge in [0.1, 0.15) is 5.75 Å². The van der Waals surface area contributed by atoms with Gasteiger partial charge in [-0.1, -0.05) is 6.92 Å². The van der Waals surface area contributed by atoms with Gasteiger partial charge in [-0.05, 0) is 43.4 Å². The Labute approximate surface area is 107 Å². The first-order valence-electron chi connectivity index (χ1n) is 6.40. The van der Waals surface area contributed by atoms with Gasteiger partial charge in [0.25, 0.3) is 5.91 Å². The van der Waals surface area contributed by atoms with E-state index in [9.17, 15) is 4.79 Å². The van der Waals surface area contributed by atoms with Crippen LogP contribution in [0.25, 0.3) is 0 Å². The van der Waals surface area contributed by atoms with Crippen molar-refractivity contribution in [2.45, 2.75) is 32.7 Å². The first-order chi connectivity index (χ1) is 8.57. The molecule has 3 rings (SSSR count). The van der Waals surface area contributed by atoms with Crippen molar-refractivity contribution in [1.29, 1.82) is 0 Å². The lowest BCUT2D eigenvalue weighted by Gasteiger charge is -2.23. The van der Waals surface area contributed by atoms with Crippen LogP contribution in [0.2, 0.25) is 0 Å². The molecule has 1 aromatic carbocycles. The highest BCUT2D eigenvalue weighted by atomic mass is 16.5. The molecule has 1 fully saturated rings. The quantitative estimate of drug-likeness (QED) is 0.862. The SMILES string of the molecule is CC(Nc1ccc2c(c1)NC(=O)CO2)C1(C)CC1. The summed E-state index contributed by atoms with van der Waals surface area (Å²) in [5, 5.41) is 6.33. The zero-order chi connectivity index (χ0) is 12.8. The number of amides is 1. The predicted octanol–water partition coefficient (Wildman–Crippen LogP) is 2.62. The second-order valence-electron chi connectivity index (χ2n) is 5.57. The molecule has 0 bridgehead atoms. The molecule has 0 saturated heterocycles. The topological polar surface area (TPSA) is 50.4 Å². The summed E-state index contributed by atoms with van der Waals surface area (Å²) in [5.74, 6) is 0.646. The highest BCUT2D eigenvalue weighted by Gasteiger charge is 2.42. The van der Waals surface area contributed by atoms with Gasteiger partial charge in [-0.15, -0.1) is 0 Å². The number of nitrogens with one attached hydrogen (secondary N) is 2. The van der Waals surface area contributed by atoms with E-state index in [0.717, 1.165) is 17.1 Å². The van der Waals surface area contributed by atoms with Gasteiger partial charge in [-0.2, -0.15) is 0 Å². The van der Waals surface area contributed by atoms with Crippen LogP contribution >= 0.6 is 0 Å². The number of carbonyl (C=O) groups excluding carboxylic acids is 1. The Morgan fingerprint density at radius 2 is 2.22 bits per heavy atom. The molecule has 96 valence electrons. The van der Waals surface area contributed by atoms with Gasteiger partial charge in [0, 0.05) is 11.7 Å². The molecule has 4 nitrogen and oxygen atoms in total. The Balaban J connectivity index is 1.77. The molecule has 1 saturated carbocycles. The number of hydrogen-bond donors (Lipinski definition) is 2. The zero-order valence-corrected chi connectivity index (χ0v) is 10.7. The van der Waals surface area contributed by atoms with E-state index in [1.807, 2.05) is 18.2 Å². The molecule has 18 heavy (non-hydrogen) atoms. The third-order valence-electron chi connectivity index (χ3n) is 4.08. The van der Waals surface area contributed by atoms with Crippen LogP contribution in [0.3, 0.4) is 0 Å². The van der Waals surface area contributed by atoms with Crippen LogP contribution < -0.4 is 15.4 Å². The molecule has 0 aromatic heterocycles. The van der Waals surface area contributed by atoms with Crippen molar-refractivity contribution in [2.24, 2.45) is 5.41 Å². The number of anilines is 2. The number of ether oxygens (including phenoxy) is 1. The maximum atomic E-state index is 11.3. The van der Waals surface area contributed by atoms with E-state index >= 15 is 0 Å². The Bertz CT molecular complexity index is 495. The fourth-order valence-electron chi connectivity index (χ4n) is 2.23. The van der Waals surface area contributed by atoms with Gasteiger partial charge in [-0.25, -0.2) is 0 Å². The third-order valence-corrected chi connectivity index (χ3v) is 4.08. The van der Waals surface area contributed by atoms with Crippen molar-refractivity contribution >= 4 is 17.3 Å². The van der Waals surface area contributed by atoms with Crippen LogP contribution in [0.15, 0.2) is 18.2 Å². The molecule has 1 heterocycles. The lowest BCUT2D eigenvalue weighted by Crippen LogP contribution is -2.27. The molecule has 2 aliphatic rings. The van der Waals surface area contributed by atoms with Crippen LogP contribution in [0.1, 0.15) is 26.7 Å². The third kappa shape index (κ3) is 2.03. The summed E-state index contributed by atoms with van der Waals surface area (Å²) in [6.45, 7) is 4.61. The maximum absolute atomic E-state index is 11.3. The van der Waals surface area contributed by atoms with Gasteiger partial charge in [0.05, 0.1) is 5.69 Å². The standard InChI is InChI=1S/C14H18N2O2/c1-9(14(2)5-6-14)15-10-3-4-12-11(7-10)16-13(17)8-18-12/h3-4,7,9,15H,5-6,8H2,1-2H3,(H,16,17). The average Bonchev–Trinajstić information content (AvgIpc) is 3.08. The summed E-state index contributed by atoms with van der Waals surface area (Å²) in [6.07, 6.45) is 2.57. The molecular weight excluding hydrogens is 228 g/mol. The van der Waals surface area contributed by atoms with Crippen LogP contribution in [0.5, 0.6) is 5.75 Å². The highest BCUT2D eigenvalue weighted by Crippen LogP contribution is 2.49. The molecule has 1 aromatic rings. The maximum Gasteiger partial charge on any atom is 0.262 e.